The summed E-state index contributed by atoms with van der Waals surface area (Å²) in [6.45, 7) is 2.05. The first-order valence-electron chi connectivity index (χ1n) is 6.25. The van der Waals surface area contributed by atoms with Crippen molar-refractivity contribution in [2.45, 2.75) is 32.1 Å². The molecule has 1 aromatic carbocycles. The lowest BCUT2D eigenvalue weighted by Gasteiger charge is -2.11. The van der Waals surface area contributed by atoms with E-state index in [0.717, 1.165) is 29.8 Å². The number of fused-ring (bicyclic) bond motifs is 1. The fraction of sp³-hybridized carbons (Fsp3) is 0.429. The Labute approximate surface area is 109 Å². The van der Waals surface area contributed by atoms with Gasteiger partial charge in [0.1, 0.15) is 0 Å². The van der Waals surface area contributed by atoms with Crippen LogP contribution in [0.15, 0.2) is 18.2 Å². The Morgan fingerprint density at radius 3 is 3.00 bits per heavy atom. The predicted molar refractivity (Wildman–Crippen MR) is 72.1 cm³/mol. The molecule has 2 unspecified atom stereocenters. The molecule has 3 rings (SSSR count). The molecule has 94 valence electrons. The van der Waals surface area contributed by atoms with Gasteiger partial charge in [-0.2, -0.15) is 0 Å². The second-order valence-electron chi connectivity index (χ2n) is 4.96. The Morgan fingerprint density at radius 1 is 1.44 bits per heavy atom. The van der Waals surface area contributed by atoms with Crippen molar-refractivity contribution >= 4 is 27.5 Å². The molecule has 0 bridgehead atoms. The van der Waals surface area contributed by atoms with Crippen molar-refractivity contribution in [1.82, 2.24) is 4.98 Å². The molecule has 1 aromatic heterocycles. The molecular weight excluding hydrogens is 246 g/mol. The quantitative estimate of drug-likeness (QED) is 0.899. The van der Waals surface area contributed by atoms with Gasteiger partial charge in [0.25, 0.3) is 0 Å². The van der Waals surface area contributed by atoms with E-state index in [1.54, 1.807) is 11.3 Å². The summed E-state index contributed by atoms with van der Waals surface area (Å²) in [5, 5.41) is 10.3. The maximum atomic E-state index is 11.2. The van der Waals surface area contributed by atoms with Gasteiger partial charge in [-0.05, 0) is 31.4 Å². The number of carboxylic acid groups (broad SMARTS) is 1. The van der Waals surface area contributed by atoms with Crippen molar-refractivity contribution in [2.75, 3.05) is 0 Å². The minimum atomic E-state index is -0.673. The highest BCUT2D eigenvalue weighted by atomic mass is 32.1. The van der Waals surface area contributed by atoms with Crippen LogP contribution in [-0.4, -0.2) is 16.1 Å². The van der Waals surface area contributed by atoms with Crippen LogP contribution in [0.4, 0.5) is 0 Å². The zero-order chi connectivity index (χ0) is 12.7. The highest BCUT2D eigenvalue weighted by Crippen LogP contribution is 2.42. The van der Waals surface area contributed by atoms with Crippen molar-refractivity contribution in [1.29, 1.82) is 0 Å². The summed E-state index contributed by atoms with van der Waals surface area (Å²) in [7, 11) is 0. The van der Waals surface area contributed by atoms with Gasteiger partial charge in [0, 0.05) is 5.92 Å². The average molecular weight is 261 g/mol. The van der Waals surface area contributed by atoms with Crippen LogP contribution in [0.5, 0.6) is 0 Å². The normalized spacial score (nSPS) is 23.6. The number of rotatable bonds is 2. The second kappa shape index (κ2) is 4.35. The van der Waals surface area contributed by atoms with Crippen LogP contribution in [0.2, 0.25) is 0 Å². The number of hydrogen-bond acceptors (Lipinski definition) is 3. The van der Waals surface area contributed by atoms with Crippen molar-refractivity contribution in [2.24, 2.45) is 5.92 Å². The van der Waals surface area contributed by atoms with E-state index in [1.165, 1.54) is 10.3 Å². The molecule has 4 heteroatoms. The van der Waals surface area contributed by atoms with Gasteiger partial charge < -0.3 is 5.11 Å². The molecule has 18 heavy (non-hydrogen) atoms. The van der Waals surface area contributed by atoms with E-state index in [2.05, 4.69) is 24.0 Å². The standard InChI is InChI=1S/C14H15NO2S/c1-8-4-2-7-11-12(8)15-13(18-11)9-5-3-6-10(9)14(16)17/h2,4,7,9-10H,3,5-6H2,1H3,(H,16,17). The molecule has 0 amide bonds. The SMILES string of the molecule is Cc1cccc2sc(C3CCCC3C(=O)O)nc12. The van der Waals surface area contributed by atoms with Gasteiger partial charge in [-0.3, -0.25) is 4.79 Å². The van der Waals surface area contributed by atoms with Gasteiger partial charge in [0.05, 0.1) is 21.1 Å². The Morgan fingerprint density at radius 2 is 2.28 bits per heavy atom. The lowest BCUT2D eigenvalue weighted by atomic mass is 9.97. The van der Waals surface area contributed by atoms with Crippen LogP contribution in [0.3, 0.4) is 0 Å². The lowest BCUT2D eigenvalue weighted by Crippen LogP contribution is -2.16. The van der Waals surface area contributed by atoms with Crippen LogP contribution in [0.25, 0.3) is 10.2 Å². The Hall–Kier alpha value is -1.42. The third-order valence-corrected chi connectivity index (χ3v) is 4.94. The monoisotopic (exact) mass is 261 g/mol. The summed E-state index contributed by atoms with van der Waals surface area (Å²) in [6.07, 6.45) is 2.74. The molecule has 3 nitrogen and oxygen atoms in total. The van der Waals surface area contributed by atoms with Gasteiger partial charge >= 0.3 is 5.97 Å². The maximum Gasteiger partial charge on any atom is 0.307 e. The van der Waals surface area contributed by atoms with Crippen LogP contribution >= 0.6 is 11.3 Å². The molecule has 1 N–H and O–H groups in total. The number of thiazole rings is 1. The summed E-state index contributed by atoms with van der Waals surface area (Å²) >= 11 is 1.66. The lowest BCUT2D eigenvalue weighted by molar-refractivity contribution is -0.142. The number of aliphatic carboxylic acids is 1. The Kier molecular flexibility index (Phi) is 2.82. The molecule has 0 saturated heterocycles. The number of carboxylic acids is 1. The topological polar surface area (TPSA) is 50.2 Å². The van der Waals surface area contributed by atoms with E-state index < -0.39 is 5.97 Å². The Bertz CT molecular complexity index is 605. The molecule has 2 aromatic rings. The molecule has 1 fully saturated rings. The molecule has 1 saturated carbocycles. The molecule has 0 spiro atoms. The van der Waals surface area contributed by atoms with E-state index in [0.29, 0.717) is 0 Å². The summed E-state index contributed by atoms with van der Waals surface area (Å²) in [6, 6.07) is 6.15. The zero-order valence-corrected chi connectivity index (χ0v) is 11.0. The first kappa shape index (κ1) is 11.7. The van der Waals surface area contributed by atoms with Crippen LogP contribution in [-0.2, 0) is 4.79 Å². The zero-order valence-electron chi connectivity index (χ0n) is 10.2. The predicted octanol–water partition coefficient (Wildman–Crippen LogP) is 3.57. The number of para-hydroxylation sites is 1. The first-order chi connectivity index (χ1) is 8.66. The van der Waals surface area contributed by atoms with Gasteiger partial charge in [-0.25, -0.2) is 4.98 Å². The van der Waals surface area contributed by atoms with E-state index in [9.17, 15) is 9.90 Å². The van der Waals surface area contributed by atoms with Gasteiger partial charge in [-0.15, -0.1) is 11.3 Å². The Balaban J connectivity index is 2.04. The fourth-order valence-electron chi connectivity index (χ4n) is 2.81. The number of benzene rings is 1. The van der Waals surface area contributed by atoms with Crippen molar-refractivity contribution in [3.63, 3.8) is 0 Å². The maximum absolute atomic E-state index is 11.2. The van der Waals surface area contributed by atoms with Gasteiger partial charge in [0.15, 0.2) is 0 Å². The minimum Gasteiger partial charge on any atom is -0.481 e. The highest BCUT2D eigenvalue weighted by molar-refractivity contribution is 7.18. The van der Waals surface area contributed by atoms with E-state index in [-0.39, 0.29) is 11.8 Å². The third kappa shape index (κ3) is 1.81. The summed E-state index contributed by atoms with van der Waals surface area (Å²) in [5.41, 5.74) is 2.20. The largest absolute Gasteiger partial charge is 0.481 e. The van der Waals surface area contributed by atoms with Gasteiger partial charge in [0.2, 0.25) is 0 Å². The van der Waals surface area contributed by atoms with E-state index in [4.69, 9.17) is 0 Å². The minimum absolute atomic E-state index is 0.110. The number of carbonyl (C=O) groups is 1. The van der Waals surface area contributed by atoms with E-state index >= 15 is 0 Å². The summed E-state index contributed by atoms with van der Waals surface area (Å²) in [4.78, 5) is 15.9. The summed E-state index contributed by atoms with van der Waals surface area (Å²) in [5.74, 6) is -0.807. The molecule has 1 aliphatic rings. The van der Waals surface area contributed by atoms with Crippen LogP contribution in [0.1, 0.15) is 35.8 Å². The first-order valence-corrected chi connectivity index (χ1v) is 7.07. The molecule has 1 heterocycles. The summed E-state index contributed by atoms with van der Waals surface area (Å²) < 4.78 is 1.17. The number of aromatic nitrogens is 1. The molecule has 2 atom stereocenters. The third-order valence-electron chi connectivity index (χ3n) is 3.79. The van der Waals surface area contributed by atoms with Crippen LogP contribution < -0.4 is 0 Å². The second-order valence-corrected chi connectivity index (χ2v) is 6.02. The van der Waals surface area contributed by atoms with Crippen LogP contribution in [0, 0.1) is 12.8 Å². The van der Waals surface area contributed by atoms with Gasteiger partial charge in [-0.1, -0.05) is 18.6 Å². The fourth-order valence-corrected chi connectivity index (χ4v) is 4.06. The van der Waals surface area contributed by atoms with Crippen molar-refractivity contribution in [3.05, 3.63) is 28.8 Å². The number of nitrogens with zero attached hydrogens (tertiary/aromatic N) is 1. The molecule has 1 aliphatic carbocycles. The van der Waals surface area contributed by atoms with Crippen molar-refractivity contribution in [3.8, 4) is 0 Å². The highest BCUT2D eigenvalue weighted by Gasteiger charge is 2.35. The van der Waals surface area contributed by atoms with E-state index in [1.807, 2.05) is 6.07 Å². The molecule has 0 aliphatic heterocycles. The number of aryl methyl sites for hydroxylation is 1. The number of hydrogen-bond donors (Lipinski definition) is 1. The average Bonchev–Trinajstić information content (AvgIpc) is 2.95. The molecular formula is C14H15NO2S. The smallest absolute Gasteiger partial charge is 0.307 e. The van der Waals surface area contributed by atoms with Crippen molar-refractivity contribution < 1.29 is 9.90 Å². The molecule has 0 radical (unpaired) electrons.